The average Bonchev–Trinajstić information content (AvgIpc) is 1.96. The van der Waals surface area contributed by atoms with Crippen molar-refractivity contribution in [1.29, 1.82) is 0 Å². The molecule has 11 heavy (non-hydrogen) atoms. The molecule has 2 heteroatoms. The lowest BCUT2D eigenvalue weighted by Gasteiger charge is -2.31. The standard InChI is InChI=1S/C9H15N.ClH/c1-3-9(10)6-4-8(2)5-7-9;/h1,8H,4-7,10H2,2H3;1H. The summed E-state index contributed by atoms with van der Waals surface area (Å²) in [5.41, 5.74) is 5.61. The molecule has 0 amide bonds. The summed E-state index contributed by atoms with van der Waals surface area (Å²) in [5.74, 6) is 3.50. The maximum atomic E-state index is 5.88. The minimum Gasteiger partial charge on any atom is -0.315 e. The summed E-state index contributed by atoms with van der Waals surface area (Å²) in [6.45, 7) is 2.26. The van der Waals surface area contributed by atoms with Gasteiger partial charge in [0.2, 0.25) is 0 Å². The third-order valence-corrected chi connectivity index (χ3v) is 2.45. The van der Waals surface area contributed by atoms with E-state index in [-0.39, 0.29) is 17.9 Å². The molecule has 0 aliphatic heterocycles. The van der Waals surface area contributed by atoms with E-state index in [0.717, 1.165) is 18.8 Å². The van der Waals surface area contributed by atoms with Gasteiger partial charge in [0, 0.05) is 0 Å². The first-order valence-electron chi connectivity index (χ1n) is 3.93. The van der Waals surface area contributed by atoms with Crippen LogP contribution in [0.1, 0.15) is 32.6 Å². The largest absolute Gasteiger partial charge is 0.315 e. The molecule has 0 aromatic rings. The smallest absolute Gasteiger partial charge is 0.0773 e. The number of rotatable bonds is 0. The van der Waals surface area contributed by atoms with Crippen molar-refractivity contribution in [3.63, 3.8) is 0 Å². The molecule has 2 N–H and O–H groups in total. The second-order valence-electron chi connectivity index (χ2n) is 3.48. The Hall–Kier alpha value is -0.190. The monoisotopic (exact) mass is 173 g/mol. The lowest BCUT2D eigenvalue weighted by Crippen LogP contribution is -2.41. The normalized spacial score (nSPS) is 37.0. The van der Waals surface area contributed by atoms with Crippen LogP contribution in [-0.2, 0) is 0 Å². The zero-order valence-corrected chi connectivity index (χ0v) is 7.79. The van der Waals surface area contributed by atoms with E-state index in [1.54, 1.807) is 0 Å². The molecule has 1 saturated carbocycles. The molecule has 0 spiro atoms. The first kappa shape index (κ1) is 10.8. The Morgan fingerprint density at radius 1 is 1.45 bits per heavy atom. The van der Waals surface area contributed by atoms with Gasteiger partial charge < -0.3 is 5.73 Å². The molecule has 64 valence electrons. The topological polar surface area (TPSA) is 26.0 Å². The molecule has 0 heterocycles. The number of hydrogen-bond donors (Lipinski definition) is 1. The van der Waals surface area contributed by atoms with Crippen molar-refractivity contribution in [1.82, 2.24) is 0 Å². The van der Waals surface area contributed by atoms with E-state index in [2.05, 4.69) is 12.8 Å². The second-order valence-corrected chi connectivity index (χ2v) is 3.48. The summed E-state index contributed by atoms with van der Waals surface area (Å²) in [4.78, 5) is 0. The van der Waals surface area contributed by atoms with Gasteiger partial charge in [-0.25, -0.2) is 0 Å². The zero-order valence-electron chi connectivity index (χ0n) is 6.97. The third-order valence-electron chi connectivity index (χ3n) is 2.45. The molecule has 0 atom stereocenters. The van der Waals surface area contributed by atoms with Crippen LogP contribution in [-0.4, -0.2) is 5.54 Å². The molecule has 0 saturated heterocycles. The van der Waals surface area contributed by atoms with Crippen LogP contribution in [0, 0.1) is 18.3 Å². The predicted molar refractivity (Wildman–Crippen MR) is 50.6 cm³/mol. The van der Waals surface area contributed by atoms with E-state index < -0.39 is 0 Å². The van der Waals surface area contributed by atoms with Gasteiger partial charge in [0.05, 0.1) is 5.54 Å². The minimum atomic E-state index is -0.271. The Morgan fingerprint density at radius 2 is 1.91 bits per heavy atom. The Morgan fingerprint density at radius 3 is 2.27 bits per heavy atom. The van der Waals surface area contributed by atoms with Crippen molar-refractivity contribution in [3.8, 4) is 12.3 Å². The molecule has 1 aliphatic carbocycles. The van der Waals surface area contributed by atoms with E-state index in [4.69, 9.17) is 12.2 Å². The molecule has 1 nitrogen and oxygen atoms in total. The lowest BCUT2D eigenvalue weighted by molar-refractivity contribution is 0.299. The molecule has 0 radical (unpaired) electrons. The van der Waals surface area contributed by atoms with Gasteiger partial charge in [-0.15, -0.1) is 18.8 Å². The van der Waals surface area contributed by atoms with Gasteiger partial charge in [-0.2, -0.15) is 0 Å². The second kappa shape index (κ2) is 3.99. The van der Waals surface area contributed by atoms with E-state index in [1.807, 2.05) is 0 Å². The highest BCUT2D eigenvalue weighted by atomic mass is 35.5. The molecule has 1 aliphatic rings. The highest BCUT2D eigenvalue weighted by Gasteiger charge is 2.27. The molecular weight excluding hydrogens is 158 g/mol. The van der Waals surface area contributed by atoms with Crippen molar-refractivity contribution in [2.45, 2.75) is 38.1 Å². The van der Waals surface area contributed by atoms with E-state index in [9.17, 15) is 0 Å². The van der Waals surface area contributed by atoms with Gasteiger partial charge in [-0.05, 0) is 31.6 Å². The Labute approximate surface area is 75.1 Å². The zero-order chi connectivity index (χ0) is 7.61. The van der Waals surface area contributed by atoms with E-state index >= 15 is 0 Å². The average molecular weight is 174 g/mol. The molecule has 0 bridgehead atoms. The minimum absolute atomic E-state index is 0. The van der Waals surface area contributed by atoms with Crippen LogP contribution in [0.2, 0.25) is 0 Å². The van der Waals surface area contributed by atoms with E-state index in [1.165, 1.54) is 12.8 Å². The van der Waals surface area contributed by atoms with Crippen LogP contribution >= 0.6 is 12.4 Å². The number of nitrogens with two attached hydrogens (primary N) is 1. The van der Waals surface area contributed by atoms with Crippen LogP contribution < -0.4 is 5.73 Å². The van der Waals surface area contributed by atoms with Crippen LogP contribution in [0.3, 0.4) is 0 Å². The van der Waals surface area contributed by atoms with Gasteiger partial charge >= 0.3 is 0 Å². The first-order valence-corrected chi connectivity index (χ1v) is 3.93. The molecule has 0 unspecified atom stereocenters. The molecule has 0 aromatic heterocycles. The van der Waals surface area contributed by atoms with Crippen LogP contribution in [0.5, 0.6) is 0 Å². The quantitative estimate of drug-likeness (QED) is 0.557. The molecule has 1 fully saturated rings. The van der Waals surface area contributed by atoms with Gasteiger partial charge in [0.1, 0.15) is 0 Å². The SMILES string of the molecule is C#CC1(N)CCC(C)CC1.Cl. The van der Waals surface area contributed by atoms with Gasteiger partial charge in [-0.3, -0.25) is 0 Å². The highest BCUT2D eigenvalue weighted by molar-refractivity contribution is 5.85. The molecule has 0 aromatic carbocycles. The van der Waals surface area contributed by atoms with Crippen LogP contribution in [0.15, 0.2) is 0 Å². The fourth-order valence-electron chi connectivity index (χ4n) is 1.42. The van der Waals surface area contributed by atoms with Gasteiger partial charge in [0.15, 0.2) is 0 Å². The van der Waals surface area contributed by atoms with Crippen LogP contribution in [0.25, 0.3) is 0 Å². The number of terminal acetylenes is 1. The van der Waals surface area contributed by atoms with Gasteiger partial charge in [-0.1, -0.05) is 12.8 Å². The Kier molecular flexibility index (Phi) is 3.92. The maximum absolute atomic E-state index is 5.88. The summed E-state index contributed by atoms with van der Waals surface area (Å²) < 4.78 is 0. The predicted octanol–water partition coefficient (Wildman–Crippen LogP) is 1.95. The van der Waals surface area contributed by atoms with Crippen molar-refractivity contribution in [2.24, 2.45) is 11.7 Å². The highest BCUT2D eigenvalue weighted by Crippen LogP contribution is 2.29. The van der Waals surface area contributed by atoms with Crippen molar-refractivity contribution in [2.75, 3.05) is 0 Å². The lowest BCUT2D eigenvalue weighted by atomic mass is 9.78. The summed E-state index contributed by atoms with van der Waals surface area (Å²) in [6, 6.07) is 0. The van der Waals surface area contributed by atoms with Gasteiger partial charge in [0.25, 0.3) is 0 Å². The van der Waals surface area contributed by atoms with E-state index in [0.29, 0.717) is 0 Å². The maximum Gasteiger partial charge on any atom is 0.0773 e. The summed E-state index contributed by atoms with van der Waals surface area (Å²) in [7, 11) is 0. The van der Waals surface area contributed by atoms with Crippen LogP contribution in [0.4, 0.5) is 0 Å². The Balaban J connectivity index is 0.000001000. The Bertz CT molecular complexity index is 151. The number of hydrogen-bond acceptors (Lipinski definition) is 1. The summed E-state index contributed by atoms with van der Waals surface area (Å²) >= 11 is 0. The summed E-state index contributed by atoms with van der Waals surface area (Å²) in [6.07, 6.45) is 9.71. The third kappa shape index (κ3) is 2.73. The first-order chi connectivity index (χ1) is 4.66. The molecule has 1 rings (SSSR count). The fourth-order valence-corrected chi connectivity index (χ4v) is 1.42. The fraction of sp³-hybridized carbons (Fsp3) is 0.778. The number of halogens is 1. The summed E-state index contributed by atoms with van der Waals surface area (Å²) in [5, 5.41) is 0. The van der Waals surface area contributed by atoms with Crippen molar-refractivity contribution < 1.29 is 0 Å². The van der Waals surface area contributed by atoms with Crippen molar-refractivity contribution in [3.05, 3.63) is 0 Å². The van der Waals surface area contributed by atoms with Crippen molar-refractivity contribution >= 4 is 12.4 Å². The molecular formula is C9H16ClN.